The number of amides is 2. The molecule has 7 nitrogen and oxygen atoms in total. The molecule has 2 N–H and O–H groups in total. The van der Waals surface area contributed by atoms with Crippen molar-refractivity contribution in [2.45, 2.75) is 40.7 Å². The minimum absolute atomic E-state index is 0.00545. The first-order valence-electron chi connectivity index (χ1n) is 11.4. The van der Waals surface area contributed by atoms with Gasteiger partial charge in [-0.3, -0.25) is 14.5 Å². The second kappa shape index (κ2) is 8.69. The number of rotatable bonds is 5. The number of halogens is 1. The molecule has 2 fully saturated rings. The highest BCUT2D eigenvalue weighted by Crippen LogP contribution is 2.44. The first-order valence-corrected chi connectivity index (χ1v) is 11.8. The van der Waals surface area contributed by atoms with E-state index in [-0.39, 0.29) is 17.9 Å². The molecule has 0 aliphatic carbocycles. The van der Waals surface area contributed by atoms with Gasteiger partial charge in [0.25, 0.3) is 5.91 Å². The van der Waals surface area contributed by atoms with Crippen molar-refractivity contribution in [1.82, 2.24) is 19.8 Å². The number of hydrogen-bond acceptors (Lipinski definition) is 5. The van der Waals surface area contributed by atoms with Crippen LogP contribution < -0.4 is 5.73 Å². The molecule has 2 aliphatic rings. The number of nitrogens with two attached hydrogens (primary N) is 1. The van der Waals surface area contributed by atoms with Gasteiger partial charge in [0, 0.05) is 37.2 Å². The zero-order valence-electron chi connectivity index (χ0n) is 19.9. The summed E-state index contributed by atoms with van der Waals surface area (Å²) < 4.78 is 0. The Morgan fingerprint density at radius 3 is 2.15 bits per heavy atom. The summed E-state index contributed by atoms with van der Waals surface area (Å²) in [6, 6.07) is 5.80. The lowest BCUT2D eigenvalue weighted by Gasteiger charge is -2.39. The maximum Gasteiger partial charge on any atom is 0.257 e. The van der Waals surface area contributed by atoms with E-state index < -0.39 is 5.41 Å². The molecule has 3 heterocycles. The van der Waals surface area contributed by atoms with Crippen molar-refractivity contribution in [3.63, 3.8) is 0 Å². The average molecular weight is 470 g/mol. The number of carbonyl (C=O) groups is 2. The molecule has 0 bridgehead atoms. The second-order valence-corrected chi connectivity index (χ2v) is 10.5. The van der Waals surface area contributed by atoms with Crippen LogP contribution >= 0.6 is 11.6 Å². The van der Waals surface area contributed by atoms with E-state index in [1.807, 2.05) is 57.7 Å². The van der Waals surface area contributed by atoms with Crippen LogP contribution in [0.4, 0.5) is 0 Å². The fraction of sp³-hybridized carbons (Fsp3) is 0.520. The Bertz CT molecular complexity index is 1070. The van der Waals surface area contributed by atoms with Crippen molar-refractivity contribution in [3.05, 3.63) is 57.6 Å². The number of benzene rings is 1. The molecule has 3 atom stereocenters. The Morgan fingerprint density at radius 2 is 1.64 bits per heavy atom. The summed E-state index contributed by atoms with van der Waals surface area (Å²) in [4.78, 5) is 38.4. The summed E-state index contributed by atoms with van der Waals surface area (Å²) in [5, 5.41) is 0.685. The number of aromatic nitrogens is 2. The molecule has 3 unspecified atom stereocenters. The van der Waals surface area contributed by atoms with Crippen molar-refractivity contribution >= 4 is 23.4 Å². The van der Waals surface area contributed by atoms with E-state index in [0.717, 1.165) is 24.2 Å². The lowest BCUT2D eigenvalue weighted by molar-refractivity contribution is -0.129. The Hall–Kier alpha value is -2.51. The van der Waals surface area contributed by atoms with Crippen LogP contribution in [0, 0.1) is 38.0 Å². The largest absolute Gasteiger partial charge is 0.369 e. The first-order chi connectivity index (χ1) is 15.5. The Kier molecular flexibility index (Phi) is 6.22. The number of nitrogens with zero attached hydrogens (tertiary/aromatic N) is 4. The van der Waals surface area contributed by atoms with Gasteiger partial charge in [0.05, 0.1) is 22.4 Å². The monoisotopic (exact) mass is 469 g/mol. The van der Waals surface area contributed by atoms with E-state index in [0.29, 0.717) is 46.9 Å². The minimum atomic E-state index is -0.775. The molecule has 4 rings (SSSR count). The predicted octanol–water partition coefficient (Wildman–Crippen LogP) is 3.31. The maximum absolute atomic E-state index is 13.2. The molecule has 176 valence electrons. The molecule has 2 aromatic rings. The third-order valence-electron chi connectivity index (χ3n) is 7.44. The third-order valence-corrected chi connectivity index (χ3v) is 7.84. The Labute approximate surface area is 200 Å². The fourth-order valence-electron chi connectivity index (χ4n) is 5.46. The topological polar surface area (TPSA) is 92.4 Å². The normalized spacial score (nSPS) is 21.8. The van der Waals surface area contributed by atoms with Gasteiger partial charge in [-0.1, -0.05) is 23.7 Å². The summed E-state index contributed by atoms with van der Waals surface area (Å²) in [6.07, 6.45) is 1.50. The Balaban J connectivity index is 1.56. The van der Waals surface area contributed by atoms with Crippen LogP contribution in [0.3, 0.4) is 0 Å². The van der Waals surface area contributed by atoms with Crippen molar-refractivity contribution in [3.8, 4) is 0 Å². The summed E-state index contributed by atoms with van der Waals surface area (Å²) in [6.45, 7) is 12.4. The van der Waals surface area contributed by atoms with Gasteiger partial charge in [-0.05, 0) is 63.6 Å². The molecule has 1 aromatic heterocycles. The average Bonchev–Trinajstić information content (AvgIpc) is 3.29. The van der Waals surface area contributed by atoms with Gasteiger partial charge in [-0.2, -0.15) is 0 Å². The van der Waals surface area contributed by atoms with Crippen LogP contribution in [-0.2, 0) is 4.79 Å². The number of hydrogen-bond donors (Lipinski definition) is 1. The lowest BCUT2D eigenvalue weighted by Crippen LogP contribution is -2.46. The zero-order chi connectivity index (χ0) is 24.1. The van der Waals surface area contributed by atoms with E-state index in [1.54, 1.807) is 0 Å². The summed E-state index contributed by atoms with van der Waals surface area (Å²) in [5.74, 6) is 0.344. The summed E-state index contributed by atoms with van der Waals surface area (Å²) >= 11 is 6.44. The van der Waals surface area contributed by atoms with Crippen LogP contribution in [0.2, 0.25) is 5.02 Å². The van der Waals surface area contributed by atoms with Crippen molar-refractivity contribution < 1.29 is 9.59 Å². The van der Waals surface area contributed by atoms with E-state index >= 15 is 0 Å². The molecule has 0 saturated carbocycles. The molecule has 0 radical (unpaired) electrons. The predicted molar refractivity (Wildman–Crippen MR) is 128 cm³/mol. The van der Waals surface area contributed by atoms with E-state index in [9.17, 15) is 9.59 Å². The Morgan fingerprint density at radius 1 is 1.06 bits per heavy atom. The number of primary amides is 1. The molecular weight excluding hydrogens is 438 g/mol. The molecule has 1 aromatic carbocycles. The van der Waals surface area contributed by atoms with Crippen LogP contribution in [0.5, 0.6) is 0 Å². The molecule has 8 heteroatoms. The third kappa shape index (κ3) is 4.24. The quantitative estimate of drug-likeness (QED) is 0.725. The van der Waals surface area contributed by atoms with Gasteiger partial charge in [-0.15, -0.1) is 0 Å². The van der Waals surface area contributed by atoms with Crippen molar-refractivity contribution in [1.29, 1.82) is 0 Å². The molecular formula is C25H32ClN5O2. The van der Waals surface area contributed by atoms with E-state index in [2.05, 4.69) is 14.9 Å². The van der Waals surface area contributed by atoms with E-state index in [1.165, 1.54) is 6.33 Å². The highest BCUT2D eigenvalue weighted by Gasteiger charge is 2.48. The lowest BCUT2D eigenvalue weighted by atomic mass is 9.78. The fourth-order valence-corrected chi connectivity index (χ4v) is 5.65. The van der Waals surface area contributed by atoms with Gasteiger partial charge in [-0.25, -0.2) is 9.97 Å². The standard InChI is InChI=1S/C25H32ClN5O2/c1-14-6-7-17(8-20(14)26)22(25(4,5)24(27)33)30-9-18-11-31(12-19(18)10-30)23(32)21-15(2)28-13-29-16(21)3/h6-8,13,18-19,22H,9-12H2,1-5H3,(H2,27,33). The first kappa shape index (κ1) is 23.6. The number of likely N-dealkylation sites (tertiary alicyclic amines) is 2. The van der Waals surface area contributed by atoms with Crippen molar-refractivity contribution in [2.24, 2.45) is 23.0 Å². The molecule has 2 amide bonds. The van der Waals surface area contributed by atoms with Gasteiger partial charge in [0.15, 0.2) is 0 Å². The van der Waals surface area contributed by atoms with E-state index in [4.69, 9.17) is 17.3 Å². The number of carbonyl (C=O) groups excluding carboxylic acids is 2. The number of fused-ring (bicyclic) bond motifs is 1. The van der Waals surface area contributed by atoms with Crippen LogP contribution in [0.15, 0.2) is 24.5 Å². The van der Waals surface area contributed by atoms with Crippen LogP contribution in [0.1, 0.15) is 52.8 Å². The van der Waals surface area contributed by atoms with Gasteiger partial charge in [0.2, 0.25) is 5.91 Å². The zero-order valence-corrected chi connectivity index (χ0v) is 20.7. The number of aryl methyl sites for hydroxylation is 3. The van der Waals surface area contributed by atoms with Gasteiger partial charge >= 0.3 is 0 Å². The summed E-state index contributed by atoms with van der Waals surface area (Å²) in [5.41, 5.74) is 9.10. The van der Waals surface area contributed by atoms with Crippen LogP contribution in [-0.4, -0.2) is 57.8 Å². The summed E-state index contributed by atoms with van der Waals surface area (Å²) in [7, 11) is 0. The highest BCUT2D eigenvalue weighted by molar-refractivity contribution is 6.31. The second-order valence-electron chi connectivity index (χ2n) is 10.1. The SMILES string of the molecule is Cc1ccc(C(N2CC3CN(C(=O)c4c(C)ncnc4C)CC3C2)C(C)(C)C(N)=O)cc1Cl. The molecule has 2 aliphatic heterocycles. The highest BCUT2D eigenvalue weighted by atomic mass is 35.5. The molecule has 2 saturated heterocycles. The van der Waals surface area contributed by atoms with Crippen LogP contribution in [0.25, 0.3) is 0 Å². The maximum atomic E-state index is 13.2. The molecule has 33 heavy (non-hydrogen) atoms. The van der Waals surface area contributed by atoms with Crippen molar-refractivity contribution in [2.75, 3.05) is 26.2 Å². The molecule has 0 spiro atoms. The smallest absolute Gasteiger partial charge is 0.257 e. The minimum Gasteiger partial charge on any atom is -0.369 e. The van der Waals surface area contributed by atoms with Gasteiger partial charge < -0.3 is 10.6 Å². The van der Waals surface area contributed by atoms with Gasteiger partial charge in [0.1, 0.15) is 6.33 Å².